The van der Waals surface area contributed by atoms with Crippen molar-refractivity contribution in [2.45, 2.75) is 38.9 Å². The highest BCUT2D eigenvalue weighted by Gasteiger charge is 2.39. The smallest absolute Gasteiger partial charge is 0.274 e. The molecule has 0 atom stereocenters. The van der Waals surface area contributed by atoms with Crippen LogP contribution < -0.4 is 5.69 Å². The Morgan fingerprint density at radius 2 is 1.79 bits per heavy atom. The van der Waals surface area contributed by atoms with E-state index in [0.29, 0.717) is 4.57 Å². The van der Waals surface area contributed by atoms with E-state index in [1.165, 1.54) is 4.31 Å². The van der Waals surface area contributed by atoms with Crippen LogP contribution in [0.3, 0.4) is 0 Å². The van der Waals surface area contributed by atoms with Gasteiger partial charge in [0.2, 0.25) is 15.8 Å². The van der Waals surface area contributed by atoms with Gasteiger partial charge in [0.25, 0.3) is 0 Å². The van der Waals surface area contributed by atoms with E-state index in [0.717, 1.165) is 11.7 Å². The van der Waals surface area contributed by atoms with E-state index >= 15 is 0 Å². The van der Waals surface area contributed by atoms with Gasteiger partial charge in [-0.3, -0.25) is 4.57 Å². The van der Waals surface area contributed by atoms with Crippen LogP contribution in [-0.2, 0) is 23.2 Å². The van der Waals surface area contributed by atoms with Gasteiger partial charge in [0.1, 0.15) is 0 Å². The number of halogens is 3. The number of rotatable bonds is 4. The molecule has 1 aromatic rings. The topological polar surface area (TPSA) is 77.2 Å². The first kappa shape index (κ1) is 19.0. The molecule has 1 saturated heterocycles. The van der Waals surface area contributed by atoms with E-state index in [-0.39, 0.29) is 37.6 Å². The summed E-state index contributed by atoms with van der Waals surface area (Å²) in [5.74, 6) is -1.23. The second-order valence-corrected chi connectivity index (χ2v) is 8.42. The van der Waals surface area contributed by atoms with Crippen LogP contribution in [0.25, 0.3) is 0 Å². The molecule has 0 unspecified atom stereocenters. The van der Waals surface area contributed by atoms with Crippen molar-refractivity contribution in [2.75, 3.05) is 18.8 Å². The molecule has 0 radical (unpaired) electrons. The van der Waals surface area contributed by atoms with E-state index in [1.807, 2.05) is 0 Å². The van der Waals surface area contributed by atoms with E-state index < -0.39 is 33.8 Å². The van der Waals surface area contributed by atoms with E-state index in [9.17, 15) is 26.4 Å². The predicted octanol–water partition coefficient (Wildman–Crippen LogP) is 1.22. The standard InChI is InChI=1S/C13H21F3N4O3S/c1-9(2)8-24(22,23)19-6-4-10(5-7-19)20-12(21)18(3)11(17-20)13(14,15)16/h9-10H,4-8H2,1-3H3. The average molecular weight is 370 g/mol. The Morgan fingerprint density at radius 1 is 1.25 bits per heavy atom. The highest BCUT2D eigenvalue weighted by Crippen LogP contribution is 2.28. The lowest BCUT2D eigenvalue weighted by Crippen LogP contribution is -2.42. The molecule has 0 bridgehead atoms. The predicted molar refractivity (Wildman–Crippen MR) is 80.9 cm³/mol. The monoisotopic (exact) mass is 370 g/mol. The zero-order valence-electron chi connectivity index (χ0n) is 13.7. The molecule has 7 nitrogen and oxygen atoms in total. The third kappa shape index (κ3) is 3.82. The van der Waals surface area contributed by atoms with Crippen LogP contribution in [0, 0.1) is 5.92 Å². The molecule has 0 amide bonds. The summed E-state index contributed by atoms with van der Waals surface area (Å²) in [6, 6.07) is -0.537. The lowest BCUT2D eigenvalue weighted by atomic mass is 10.1. The Hall–Kier alpha value is -1.36. The molecule has 1 aliphatic rings. The molecule has 0 aromatic carbocycles. The Bertz CT molecular complexity index is 743. The first-order valence-corrected chi connectivity index (χ1v) is 9.25. The van der Waals surface area contributed by atoms with Crippen molar-refractivity contribution < 1.29 is 21.6 Å². The number of hydrogen-bond acceptors (Lipinski definition) is 4. The van der Waals surface area contributed by atoms with Crippen LogP contribution in [0.1, 0.15) is 38.6 Å². The molecule has 24 heavy (non-hydrogen) atoms. The normalized spacial score (nSPS) is 18.5. The maximum absolute atomic E-state index is 12.8. The van der Waals surface area contributed by atoms with Crippen LogP contribution >= 0.6 is 0 Å². The molecule has 0 spiro atoms. The molecular formula is C13H21F3N4O3S. The molecular weight excluding hydrogens is 349 g/mol. The van der Waals surface area contributed by atoms with Gasteiger partial charge in [-0.25, -0.2) is 22.2 Å². The van der Waals surface area contributed by atoms with Gasteiger partial charge < -0.3 is 0 Å². The molecule has 1 aliphatic heterocycles. The maximum atomic E-state index is 12.8. The van der Waals surface area contributed by atoms with Gasteiger partial charge in [-0.15, -0.1) is 5.10 Å². The summed E-state index contributed by atoms with van der Waals surface area (Å²) in [4.78, 5) is 12.0. The summed E-state index contributed by atoms with van der Waals surface area (Å²) in [6.45, 7) is 3.95. The van der Waals surface area contributed by atoms with E-state index in [2.05, 4.69) is 5.10 Å². The first-order valence-electron chi connectivity index (χ1n) is 7.64. The second kappa shape index (κ2) is 6.51. The molecule has 1 fully saturated rings. The molecule has 11 heteroatoms. The minimum absolute atomic E-state index is 0.0134. The van der Waals surface area contributed by atoms with Crippen molar-refractivity contribution in [1.82, 2.24) is 18.7 Å². The molecule has 2 rings (SSSR count). The zero-order valence-corrected chi connectivity index (χ0v) is 14.6. The molecule has 1 aromatic heterocycles. The van der Waals surface area contributed by atoms with Crippen LogP contribution in [0.15, 0.2) is 4.79 Å². The largest absolute Gasteiger partial charge is 0.451 e. The fraction of sp³-hybridized carbons (Fsp3) is 0.846. The molecule has 2 heterocycles. The fourth-order valence-corrected chi connectivity index (χ4v) is 4.65. The van der Waals surface area contributed by atoms with Gasteiger partial charge in [0.05, 0.1) is 11.8 Å². The minimum atomic E-state index is -4.71. The van der Waals surface area contributed by atoms with Crippen LogP contribution in [0.5, 0.6) is 0 Å². The Morgan fingerprint density at radius 3 is 2.21 bits per heavy atom. The number of alkyl halides is 3. The first-order chi connectivity index (χ1) is 10.9. The third-order valence-corrected chi connectivity index (χ3v) is 6.20. The molecule has 0 saturated carbocycles. The van der Waals surface area contributed by atoms with Crippen molar-refractivity contribution in [3.63, 3.8) is 0 Å². The number of aromatic nitrogens is 3. The number of hydrogen-bond donors (Lipinski definition) is 0. The van der Waals surface area contributed by atoms with Crippen molar-refractivity contribution >= 4 is 10.0 Å². The summed E-state index contributed by atoms with van der Waals surface area (Å²) in [5.41, 5.74) is -0.842. The summed E-state index contributed by atoms with van der Waals surface area (Å²) in [5, 5.41) is 3.41. The van der Waals surface area contributed by atoms with Crippen molar-refractivity contribution in [3.8, 4) is 0 Å². The third-order valence-electron chi connectivity index (χ3n) is 3.96. The number of piperidine rings is 1. The maximum Gasteiger partial charge on any atom is 0.451 e. The Kier molecular flexibility index (Phi) is 5.14. The summed E-state index contributed by atoms with van der Waals surface area (Å²) in [6.07, 6.45) is -4.20. The van der Waals surface area contributed by atoms with Crippen molar-refractivity contribution in [3.05, 3.63) is 16.3 Å². The van der Waals surface area contributed by atoms with Gasteiger partial charge in [-0.2, -0.15) is 13.2 Å². The van der Waals surface area contributed by atoms with Gasteiger partial charge in [0.15, 0.2) is 0 Å². The highest BCUT2D eigenvalue weighted by atomic mass is 32.2. The van der Waals surface area contributed by atoms with Gasteiger partial charge in [0, 0.05) is 20.1 Å². The van der Waals surface area contributed by atoms with Gasteiger partial charge in [-0.05, 0) is 18.8 Å². The van der Waals surface area contributed by atoms with E-state index in [1.54, 1.807) is 13.8 Å². The number of nitrogens with zero attached hydrogens (tertiary/aromatic N) is 4. The lowest BCUT2D eigenvalue weighted by molar-refractivity contribution is -0.147. The fourth-order valence-electron chi connectivity index (χ4n) is 2.83. The minimum Gasteiger partial charge on any atom is -0.274 e. The quantitative estimate of drug-likeness (QED) is 0.799. The second-order valence-electron chi connectivity index (χ2n) is 6.41. The SMILES string of the molecule is CC(C)CS(=O)(=O)N1CCC(n2nc(C(F)(F)F)n(C)c2=O)CC1. The molecule has 138 valence electrons. The van der Waals surface area contributed by atoms with Crippen molar-refractivity contribution in [1.29, 1.82) is 0 Å². The van der Waals surface area contributed by atoms with E-state index in [4.69, 9.17) is 0 Å². The summed E-state index contributed by atoms with van der Waals surface area (Å²) >= 11 is 0. The average Bonchev–Trinajstić information content (AvgIpc) is 2.74. The zero-order chi connectivity index (χ0) is 18.3. The van der Waals surface area contributed by atoms with Gasteiger partial charge in [-0.1, -0.05) is 13.8 Å². The Balaban J connectivity index is 2.15. The van der Waals surface area contributed by atoms with Crippen LogP contribution in [-0.4, -0.2) is 45.9 Å². The van der Waals surface area contributed by atoms with Crippen molar-refractivity contribution in [2.24, 2.45) is 13.0 Å². The molecule has 0 N–H and O–H groups in total. The summed E-state index contributed by atoms with van der Waals surface area (Å²) < 4.78 is 65.5. The lowest BCUT2D eigenvalue weighted by Gasteiger charge is -2.31. The van der Waals surface area contributed by atoms with Crippen LogP contribution in [0.4, 0.5) is 13.2 Å². The van der Waals surface area contributed by atoms with Crippen LogP contribution in [0.2, 0.25) is 0 Å². The molecule has 0 aliphatic carbocycles. The highest BCUT2D eigenvalue weighted by molar-refractivity contribution is 7.89. The number of sulfonamides is 1. The summed E-state index contributed by atoms with van der Waals surface area (Å²) in [7, 11) is -2.36. The Labute approximate surface area is 138 Å². The van der Waals surface area contributed by atoms with Gasteiger partial charge >= 0.3 is 11.9 Å².